The Balaban J connectivity index is 6.04. The maximum Gasteiger partial charge on any atom is -0.0132 e. The lowest BCUT2D eigenvalue weighted by molar-refractivity contribution is 0.427. The molecule has 0 aromatic heterocycles. The standard InChI is InChI=1S/C19H36/c1-14(2)12-15(18(6,7)8)16(19(9,10)11)13-17(3,4)5/h12-14H,1-11H3/b15-12-,16-13+. The molecule has 0 heterocycles. The summed E-state index contributed by atoms with van der Waals surface area (Å²) in [4.78, 5) is 0. The first-order valence-corrected chi connectivity index (χ1v) is 7.60. The lowest BCUT2D eigenvalue weighted by Gasteiger charge is -2.35. The quantitative estimate of drug-likeness (QED) is 0.491. The zero-order chi connectivity index (χ0) is 15.6. The lowest BCUT2D eigenvalue weighted by Crippen LogP contribution is -2.22. The Morgan fingerprint density at radius 3 is 1.26 bits per heavy atom. The SMILES string of the molecule is CC(C)/C=C(/C(=C\C(C)(C)C)C(C)(C)C)C(C)(C)C. The Morgan fingerprint density at radius 1 is 0.684 bits per heavy atom. The summed E-state index contributed by atoms with van der Waals surface area (Å²) in [6.45, 7) is 25.3. The average molecular weight is 264 g/mol. The van der Waals surface area contributed by atoms with Crippen LogP contribution in [0.1, 0.15) is 76.2 Å². The van der Waals surface area contributed by atoms with Crippen molar-refractivity contribution in [1.82, 2.24) is 0 Å². The van der Waals surface area contributed by atoms with Crippen LogP contribution in [0.5, 0.6) is 0 Å². The fourth-order valence-corrected chi connectivity index (χ4v) is 2.21. The smallest absolute Gasteiger partial charge is 0.0132 e. The first-order valence-electron chi connectivity index (χ1n) is 7.60. The van der Waals surface area contributed by atoms with Crippen molar-refractivity contribution in [2.45, 2.75) is 76.2 Å². The molecule has 0 rings (SSSR count). The fraction of sp³-hybridized carbons (Fsp3) is 0.789. The first-order chi connectivity index (χ1) is 8.14. The van der Waals surface area contributed by atoms with E-state index in [2.05, 4.69) is 88.3 Å². The molecule has 0 fully saturated rings. The zero-order valence-corrected chi connectivity index (χ0v) is 15.2. The van der Waals surface area contributed by atoms with Gasteiger partial charge in [0.05, 0.1) is 0 Å². The van der Waals surface area contributed by atoms with Gasteiger partial charge >= 0.3 is 0 Å². The summed E-state index contributed by atoms with van der Waals surface area (Å²) in [7, 11) is 0. The molecule has 0 aliphatic rings. The summed E-state index contributed by atoms with van der Waals surface area (Å²) in [5.41, 5.74) is 3.59. The molecule has 0 unspecified atom stereocenters. The minimum atomic E-state index is 0.182. The van der Waals surface area contributed by atoms with Crippen LogP contribution >= 0.6 is 0 Å². The molecular formula is C19H36. The maximum absolute atomic E-state index is 2.46. The zero-order valence-electron chi connectivity index (χ0n) is 15.2. The molecule has 0 aliphatic heterocycles. The van der Waals surface area contributed by atoms with Crippen molar-refractivity contribution in [3.05, 3.63) is 23.3 Å². The summed E-state index contributed by atoms with van der Waals surface area (Å²) in [5, 5.41) is 0. The van der Waals surface area contributed by atoms with E-state index in [-0.39, 0.29) is 16.2 Å². The largest absolute Gasteiger partial charge is 0.0779 e. The van der Waals surface area contributed by atoms with Gasteiger partial charge in [-0.25, -0.2) is 0 Å². The molecule has 0 amide bonds. The molecule has 0 aromatic rings. The van der Waals surface area contributed by atoms with Gasteiger partial charge in [-0.05, 0) is 33.3 Å². The summed E-state index contributed by atoms with van der Waals surface area (Å²) < 4.78 is 0. The molecular weight excluding hydrogens is 228 g/mol. The number of rotatable bonds is 2. The summed E-state index contributed by atoms with van der Waals surface area (Å²) in [5.74, 6) is 0.583. The van der Waals surface area contributed by atoms with E-state index in [1.54, 1.807) is 0 Å². The molecule has 0 N–H and O–H groups in total. The van der Waals surface area contributed by atoms with E-state index < -0.39 is 0 Å². The monoisotopic (exact) mass is 264 g/mol. The van der Waals surface area contributed by atoms with E-state index in [4.69, 9.17) is 0 Å². The van der Waals surface area contributed by atoms with E-state index in [1.807, 2.05) is 0 Å². The molecule has 112 valence electrons. The first kappa shape index (κ1) is 18.5. The predicted molar refractivity (Wildman–Crippen MR) is 89.4 cm³/mol. The Bertz CT molecular complexity index is 343. The van der Waals surface area contributed by atoms with E-state index in [9.17, 15) is 0 Å². The third-order valence-electron chi connectivity index (χ3n) is 2.98. The molecule has 0 radical (unpaired) electrons. The Kier molecular flexibility index (Phi) is 5.69. The van der Waals surface area contributed by atoms with Crippen LogP contribution < -0.4 is 0 Å². The lowest BCUT2D eigenvalue weighted by atomic mass is 9.69. The third kappa shape index (κ3) is 6.99. The van der Waals surface area contributed by atoms with E-state index in [1.165, 1.54) is 11.1 Å². The highest BCUT2D eigenvalue weighted by molar-refractivity contribution is 5.40. The highest BCUT2D eigenvalue weighted by Crippen LogP contribution is 2.42. The van der Waals surface area contributed by atoms with Crippen LogP contribution in [0.2, 0.25) is 0 Å². The summed E-state index contributed by atoms with van der Waals surface area (Å²) in [6, 6.07) is 0. The van der Waals surface area contributed by atoms with Crippen molar-refractivity contribution < 1.29 is 0 Å². The van der Waals surface area contributed by atoms with E-state index in [0.29, 0.717) is 5.92 Å². The molecule has 0 nitrogen and oxygen atoms in total. The molecule has 0 saturated carbocycles. The highest BCUT2D eigenvalue weighted by atomic mass is 14.3. The van der Waals surface area contributed by atoms with Gasteiger partial charge in [0.25, 0.3) is 0 Å². The van der Waals surface area contributed by atoms with Crippen molar-refractivity contribution in [2.75, 3.05) is 0 Å². The van der Waals surface area contributed by atoms with Gasteiger partial charge in [-0.3, -0.25) is 0 Å². The van der Waals surface area contributed by atoms with Crippen LogP contribution in [-0.2, 0) is 0 Å². The van der Waals surface area contributed by atoms with Crippen molar-refractivity contribution in [3.8, 4) is 0 Å². The number of hydrogen-bond donors (Lipinski definition) is 0. The molecule has 0 heteroatoms. The second-order valence-corrected chi connectivity index (χ2v) is 9.25. The molecule has 0 saturated heterocycles. The second-order valence-electron chi connectivity index (χ2n) is 9.25. The van der Waals surface area contributed by atoms with Gasteiger partial charge in [-0.15, -0.1) is 0 Å². The third-order valence-corrected chi connectivity index (χ3v) is 2.98. The van der Waals surface area contributed by atoms with Crippen LogP contribution in [0.4, 0.5) is 0 Å². The number of allylic oxidation sites excluding steroid dienone is 4. The second kappa shape index (κ2) is 5.85. The fourth-order valence-electron chi connectivity index (χ4n) is 2.21. The molecule has 0 aliphatic carbocycles. The van der Waals surface area contributed by atoms with Crippen LogP contribution in [0, 0.1) is 22.2 Å². The Hall–Kier alpha value is -0.520. The molecule has 0 aromatic carbocycles. The highest BCUT2D eigenvalue weighted by Gasteiger charge is 2.29. The Labute approximate surface area is 122 Å². The van der Waals surface area contributed by atoms with E-state index in [0.717, 1.165) is 0 Å². The normalized spacial score (nSPS) is 16.2. The maximum atomic E-state index is 2.46. The van der Waals surface area contributed by atoms with Gasteiger partial charge in [0.15, 0.2) is 0 Å². The van der Waals surface area contributed by atoms with Crippen LogP contribution in [0.3, 0.4) is 0 Å². The summed E-state index contributed by atoms with van der Waals surface area (Å²) in [6.07, 6.45) is 4.91. The predicted octanol–water partition coefficient (Wildman–Crippen LogP) is 6.63. The van der Waals surface area contributed by atoms with Crippen LogP contribution in [0.15, 0.2) is 23.3 Å². The number of hydrogen-bond acceptors (Lipinski definition) is 0. The molecule has 0 bridgehead atoms. The van der Waals surface area contributed by atoms with Gasteiger partial charge in [-0.2, -0.15) is 0 Å². The van der Waals surface area contributed by atoms with Crippen molar-refractivity contribution in [2.24, 2.45) is 22.2 Å². The van der Waals surface area contributed by atoms with Gasteiger partial charge in [0.2, 0.25) is 0 Å². The topological polar surface area (TPSA) is 0 Å². The summed E-state index contributed by atoms with van der Waals surface area (Å²) >= 11 is 0. The molecule has 0 atom stereocenters. The van der Waals surface area contributed by atoms with Gasteiger partial charge in [0.1, 0.15) is 0 Å². The van der Waals surface area contributed by atoms with Crippen LogP contribution in [0.25, 0.3) is 0 Å². The van der Waals surface area contributed by atoms with Gasteiger partial charge in [-0.1, -0.05) is 88.3 Å². The van der Waals surface area contributed by atoms with E-state index >= 15 is 0 Å². The van der Waals surface area contributed by atoms with Crippen molar-refractivity contribution in [1.29, 1.82) is 0 Å². The Morgan fingerprint density at radius 2 is 1.05 bits per heavy atom. The average Bonchev–Trinajstić information content (AvgIpc) is 2.05. The molecule has 19 heavy (non-hydrogen) atoms. The van der Waals surface area contributed by atoms with Crippen molar-refractivity contribution >= 4 is 0 Å². The van der Waals surface area contributed by atoms with Gasteiger partial charge < -0.3 is 0 Å². The van der Waals surface area contributed by atoms with Crippen molar-refractivity contribution in [3.63, 3.8) is 0 Å². The van der Waals surface area contributed by atoms with Crippen LogP contribution in [-0.4, -0.2) is 0 Å². The minimum absolute atomic E-state index is 0.182. The minimum Gasteiger partial charge on any atom is -0.0779 e. The molecule has 0 spiro atoms. The van der Waals surface area contributed by atoms with Gasteiger partial charge in [0, 0.05) is 0 Å².